The number of hydrogen-bond acceptors (Lipinski definition) is 4. The van der Waals surface area contributed by atoms with Crippen LogP contribution in [0.2, 0.25) is 0 Å². The zero-order valence-electron chi connectivity index (χ0n) is 14.7. The highest BCUT2D eigenvalue weighted by atomic mass is 127. The fourth-order valence-corrected chi connectivity index (χ4v) is 2.84. The number of anilines is 1. The number of nitrogens with zero attached hydrogens (tertiary/aromatic N) is 1. The zero-order chi connectivity index (χ0) is 17.0. The van der Waals surface area contributed by atoms with E-state index in [9.17, 15) is 0 Å². The Bertz CT molecular complexity index is 621. The molecule has 0 bridgehead atoms. The van der Waals surface area contributed by atoms with Gasteiger partial charge in [0.25, 0.3) is 0 Å². The summed E-state index contributed by atoms with van der Waals surface area (Å²) in [5, 5.41) is 10.9. The molecule has 7 heteroatoms. The molecule has 0 saturated carbocycles. The molecule has 138 valence electrons. The highest BCUT2D eigenvalue weighted by molar-refractivity contribution is 14.0. The van der Waals surface area contributed by atoms with E-state index in [2.05, 4.69) is 32.5 Å². The Morgan fingerprint density at radius 1 is 1.24 bits per heavy atom. The SMILES string of the molecule is CN=C(NCCc1ccsc1)Nc1cccc(OCCCOC)c1.I. The maximum atomic E-state index is 5.71. The summed E-state index contributed by atoms with van der Waals surface area (Å²) < 4.78 is 10.7. The maximum absolute atomic E-state index is 5.71. The third-order valence-corrected chi connectivity index (χ3v) is 4.10. The first-order chi connectivity index (χ1) is 11.8. The van der Waals surface area contributed by atoms with Gasteiger partial charge in [0.2, 0.25) is 0 Å². The number of nitrogens with one attached hydrogen (secondary N) is 2. The molecule has 0 amide bonds. The number of rotatable bonds is 9. The van der Waals surface area contributed by atoms with E-state index in [-0.39, 0.29) is 24.0 Å². The lowest BCUT2D eigenvalue weighted by molar-refractivity contribution is 0.172. The van der Waals surface area contributed by atoms with Crippen LogP contribution >= 0.6 is 35.3 Å². The van der Waals surface area contributed by atoms with Crippen LogP contribution in [-0.2, 0) is 11.2 Å². The number of hydrogen-bond donors (Lipinski definition) is 2. The predicted octanol–water partition coefficient (Wildman–Crippen LogP) is 4.01. The van der Waals surface area contributed by atoms with Gasteiger partial charge in [-0.15, -0.1) is 24.0 Å². The molecule has 1 aromatic heterocycles. The molecular formula is C18H26IN3O2S. The molecule has 1 aromatic carbocycles. The minimum Gasteiger partial charge on any atom is -0.493 e. The van der Waals surface area contributed by atoms with Crippen LogP contribution in [0, 0.1) is 0 Å². The van der Waals surface area contributed by atoms with Crippen LogP contribution < -0.4 is 15.4 Å². The maximum Gasteiger partial charge on any atom is 0.195 e. The van der Waals surface area contributed by atoms with E-state index in [1.807, 2.05) is 24.3 Å². The summed E-state index contributed by atoms with van der Waals surface area (Å²) >= 11 is 1.72. The van der Waals surface area contributed by atoms with Crippen molar-refractivity contribution < 1.29 is 9.47 Å². The minimum atomic E-state index is 0. The van der Waals surface area contributed by atoms with E-state index in [1.165, 1.54) is 5.56 Å². The molecule has 5 nitrogen and oxygen atoms in total. The average Bonchev–Trinajstić information content (AvgIpc) is 3.12. The van der Waals surface area contributed by atoms with Gasteiger partial charge in [-0.25, -0.2) is 0 Å². The molecule has 2 rings (SSSR count). The lowest BCUT2D eigenvalue weighted by Gasteiger charge is -2.13. The van der Waals surface area contributed by atoms with E-state index < -0.39 is 0 Å². The van der Waals surface area contributed by atoms with Crippen LogP contribution in [0.5, 0.6) is 5.75 Å². The third-order valence-electron chi connectivity index (χ3n) is 3.37. The van der Waals surface area contributed by atoms with Crippen LogP contribution in [0.4, 0.5) is 5.69 Å². The lowest BCUT2D eigenvalue weighted by Crippen LogP contribution is -2.32. The van der Waals surface area contributed by atoms with Gasteiger partial charge in [-0.3, -0.25) is 4.99 Å². The molecule has 1 heterocycles. The molecule has 0 fully saturated rings. The van der Waals surface area contributed by atoms with Gasteiger partial charge in [-0.05, 0) is 40.9 Å². The minimum absolute atomic E-state index is 0. The van der Waals surface area contributed by atoms with Crippen LogP contribution in [0.25, 0.3) is 0 Å². The summed E-state index contributed by atoms with van der Waals surface area (Å²) in [5.41, 5.74) is 2.29. The van der Waals surface area contributed by atoms with E-state index in [0.717, 1.165) is 36.8 Å². The molecule has 0 aliphatic rings. The number of methoxy groups -OCH3 is 1. The Morgan fingerprint density at radius 3 is 2.84 bits per heavy atom. The number of benzene rings is 1. The third kappa shape index (κ3) is 8.55. The summed E-state index contributed by atoms with van der Waals surface area (Å²) in [6, 6.07) is 10.0. The summed E-state index contributed by atoms with van der Waals surface area (Å²) in [4.78, 5) is 4.26. The van der Waals surface area contributed by atoms with Gasteiger partial charge in [-0.2, -0.15) is 11.3 Å². The monoisotopic (exact) mass is 475 g/mol. The van der Waals surface area contributed by atoms with Crippen molar-refractivity contribution >= 4 is 47.0 Å². The Hall–Kier alpha value is -1.32. The number of halogens is 1. The van der Waals surface area contributed by atoms with Crippen molar-refractivity contribution in [3.8, 4) is 5.75 Å². The highest BCUT2D eigenvalue weighted by Gasteiger charge is 2.02. The number of ether oxygens (including phenoxy) is 2. The van der Waals surface area contributed by atoms with Gasteiger partial charge < -0.3 is 20.1 Å². The van der Waals surface area contributed by atoms with Crippen LogP contribution in [0.3, 0.4) is 0 Å². The van der Waals surface area contributed by atoms with Crippen molar-refractivity contribution in [1.82, 2.24) is 5.32 Å². The molecular weight excluding hydrogens is 449 g/mol. The normalized spacial score (nSPS) is 10.9. The summed E-state index contributed by atoms with van der Waals surface area (Å²) in [5.74, 6) is 1.59. The van der Waals surface area contributed by atoms with E-state index in [1.54, 1.807) is 25.5 Å². The van der Waals surface area contributed by atoms with Crippen LogP contribution in [0.1, 0.15) is 12.0 Å². The second-order valence-corrected chi connectivity index (χ2v) is 6.01. The summed E-state index contributed by atoms with van der Waals surface area (Å²) in [7, 11) is 3.46. The van der Waals surface area contributed by atoms with Gasteiger partial charge in [0.15, 0.2) is 5.96 Å². The zero-order valence-corrected chi connectivity index (χ0v) is 17.8. The molecule has 0 saturated heterocycles. The second kappa shape index (κ2) is 13.0. The Balaban J connectivity index is 0.00000312. The topological polar surface area (TPSA) is 54.9 Å². The second-order valence-electron chi connectivity index (χ2n) is 5.23. The van der Waals surface area contributed by atoms with Crippen molar-refractivity contribution in [1.29, 1.82) is 0 Å². The van der Waals surface area contributed by atoms with Crippen LogP contribution in [0.15, 0.2) is 46.1 Å². The molecule has 0 unspecified atom stereocenters. The van der Waals surface area contributed by atoms with Crippen molar-refractivity contribution in [2.75, 3.05) is 39.2 Å². The number of aliphatic imine (C=N–C) groups is 1. The van der Waals surface area contributed by atoms with E-state index in [4.69, 9.17) is 9.47 Å². The fraction of sp³-hybridized carbons (Fsp3) is 0.389. The molecule has 2 aromatic rings. The highest BCUT2D eigenvalue weighted by Crippen LogP contribution is 2.17. The number of guanidine groups is 1. The van der Waals surface area contributed by atoms with Gasteiger partial charge in [0.1, 0.15) is 5.75 Å². The Labute approximate surface area is 170 Å². The summed E-state index contributed by atoms with van der Waals surface area (Å²) in [6.45, 7) is 2.19. The molecule has 25 heavy (non-hydrogen) atoms. The largest absolute Gasteiger partial charge is 0.493 e. The van der Waals surface area contributed by atoms with Crippen molar-refractivity contribution in [3.05, 3.63) is 46.7 Å². The Kier molecular flexibility index (Phi) is 11.3. The first-order valence-electron chi connectivity index (χ1n) is 8.02. The molecule has 0 spiro atoms. The average molecular weight is 475 g/mol. The Morgan fingerprint density at radius 2 is 2.12 bits per heavy atom. The summed E-state index contributed by atoms with van der Waals surface area (Å²) in [6.07, 6.45) is 1.85. The van der Waals surface area contributed by atoms with Crippen LogP contribution in [-0.4, -0.2) is 39.9 Å². The van der Waals surface area contributed by atoms with Crippen molar-refractivity contribution in [2.24, 2.45) is 4.99 Å². The van der Waals surface area contributed by atoms with Gasteiger partial charge in [0, 0.05) is 45.5 Å². The van der Waals surface area contributed by atoms with E-state index >= 15 is 0 Å². The van der Waals surface area contributed by atoms with E-state index in [0.29, 0.717) is 13.2 Å². The molecule has 0 aliphatic carbocycles. The number of thiophene rings is 1. The fourth-order valence-electron chi connectivity index (χ4n) is 2.13. The van der Waals surface area contributed by atoms with Gasteiger partial charge in [0.05, 0.1) is 6.61 Å². The predicted molar refractivity (Wildman–Crippen MR) is 117 cm³/mol. The van der Waals surface area contributed by atoms with Gasteiger partial charge >= 0.3 is 0 Å². The molecule has 0 radical (unpaired) electrons. The van der Waals surface area contributed by atoms with Crippen molar-refractivity contribution in [2.45, 2.75) is 12.8 Å². The first-order valence-corrected chi connectivity index (χ1v) is 8.96. The quantitative estimate of drug-likeness (QED) is 0.249. The van der Waals surface area contributed by atoms with Crippen molar-refractivity contribution in [3.63, 3.8) is 0 Å². The standard InChI is InChI=1S/C18H25N3O2S.HI/c1-19-18(20-9-7-15-8-12-24-14-15)21-16-5-3-6-17(13-16)23-11-4-10-22-2;/h3,5-6,8,12-14H,4,7,9-11H2,1-2H3,(H2,19,20,21);1H. The first kappa shape index (κ1) is 21.7. The smallest absolute Gasteiger partial charge is 0.195 e. The van der Waals surface area contributed by atoms with Gasteiger partial charge in [-0.1, -0.05) is 6.07 Å². The molecule has 2 N–H and O–H groups in total. The molecule has 0 aliphatic heterocycles. The lowest BCUT2D eigenvalue weighted by atomic mass is 10.2. The molecule has 0 atom stereocenters.